The van der Waals surface area contributed by atoms with Gasteiger partial charge in [0, 0.05) is 26.2 Å². The number of morpholine rings is 1. The summed E-state index contributed by atoms with van der Waals surface area (Å²) in [6, 6.07) is 9.40. The van der Waals surface area contributed by atoms with E-state index in [0.29, 0.717) is 6.54 Å². The van der Waals surface area contributed by atoms with Gasteiger partial charge in [0.2, 0.25) is 11.8 Å². The van der Waals surface area contributed by atoms with Gasteiger partial charge in [0.15, 0.2) is 0 Å². The first kappa shape index (κ1) is 18.7. The Morgan fingerprint density at radius 1 is 1.38 bits per heavy atom. The SMILES string of the molecule is CN(C(=O)[C@H]1COCC(=O)N1Cc1ccccc1)C1CCNC1.Cl. The number of amides is 2. The van der Waals surface area contributed by atoms with Crippen molar-refractivity contribution in [2.24, 2.45) is 0 Å². The Kier molecular flexibility index (Phi) is 6.60. The van der Waals surface area contributed by atoms with Crippen LogP contribution in [-0.4, -0.2) is 67.0 Å². The van der Waals surface area contributed by atoms with Crippen LogP contribution in [0, 0.1) is 0 Å². The Balaban J connectivity index is 0.00000208. The molecule has 2 fully saturated rings. The number of likely N-dealkylation sites (N-methyl/N-ethyl adjacent to an activating group) is 1. The first-order valence-corrected chi connectivity index (χ1v) is 8.05. The normalized spacial score (nSPS) is 23.7. The average molecular weight is 354 g/mol. The molecule has 2 heterocycles. The van der Waals surface area contributed by atoms with E-state index in [4.69, 9.17) is 4.74 Å². The second-order valence-corrected chi connectivity index (χ2v) is 6.13. The molecule has 2 aliphatic heterocycles. The lowest BCUT2D eigenvalue weighted by Gasteiger charge is -2.38. The first-order valence-electron chi connectivity index (χ1n) is 8.05. The summed E-state index contributed by atoms with van der Waals surface area (Å²) in [5.41, 5.74) is 1.02. The standard InChI is InChI=1S/C17H23N3O3.ClH/c1-19(14-7-8-18-9-14)17(22)15-11-23-12-16(21)20(15)10-13-5-3-2-4-6-13;/h2-6,14-15,18H,7-12H2,1H3;1H/t14?,15-;/m1./s1. The lowest BCUT2D eigenvalue weighted by Crippen LogP contribution is -2.57. The van der Waals surface area contributed by atoms with Gasteiger partial charge in [-0.25, -0.2) is 0 Å². The molecule has 0 radical (unpaired) electrons. The summed E-state index contributed by atoms with van der Waals surface area (Å²) in [7, 11) is 1.82. The van der Waals surface area contributed by atoms with Crippen LogP contribution in [-0.2, 0) is 20.9 Å². The van der Waals surface area contributed by atoms with Gasteiger partial charge in [-0.1, -0.05) is 30.3 Å². The summed E-state index contributed by atoms with van der Waals surface area (Å²) in [5, 5.41) is 3.27. The van der Waals surface area contributed by atoms with Crippen LogP contribution in [0.1, 0.15) is 12.0 Å². The number of benzene rings is 1. The number of carbonyl (C=O) groups is 2. The maximum atomic E-state index is 12.9. The van der Waals surface area contributed by atoms with Gasteiger partial charge in [-0.15, -0.1) is 12.4 Å². The van der Waals surface area contributed by atoms with Crippen LogP contribution in [0.25, 0.3) is 0 Å². The minimum absolute atomic E-state index is 0. The summed E-state index contributed by atoms with van der Waals surface area (Å²) in [4.78, 5) is 28.6. The molecule has 0 aliphatic carbocycles. The molecule has 7 heteroatoms. The molecule has 3 rings (SSSR count). The lowest BCUT2D eigenvalue weighted by atomic mass is 10.1. The van der Waals surface area contributed by atoms with Crippen LogP contribution < -0.4 is 5.32 Å². The third-order valence-corrected chi connectivity index (χ3v) is 4.61. The van der Waals surface area contributed by atoms with Gasteiger partial charge in [0.05, 0.1) is 6.61 Å². The van der Waals surface area contributed by atoms with Crippen molar-refractivity contribution in [1.29, 1.82) is 0 Å². The van der Waals surface area contributed by atoms with Gasteiger partial charge in [-0.3, -0.25) is 9.59 Å². The number of nitrogens with one attached hydrogen (secondary N) is 1. The molecule has 1 unspecified atom stereocenters. The summed E-state index contributed by atoms with van der Waals surface area (Å²) in [6.45, 7) is 2.49. The molecule has 132 valence electrons. The zero-order valence-corrected chi connectivity index (χ0v) is 14.6. The van der Waals surface area contributed by atoms with Gasteiger partial charge in [-0.05, 0) is 18.5 Å². The minimum Gasteiger partial charge on any atom is -0.369 e. The van der Waals surface area contributed by atoms with E-state index in [1.165, 1.54) is 0 Å². The predicted molar refractivity (Wildman–Crippen MR) is 92.9 cm³/mol. The van der Waals surface area contributed by atoms with E-state index in [0.717, 1.165) is 25.1 Å². The number of rotatable bonds is 4. The Hall–Kier alpha value is -1.63. The van der Waals surface area contributed by atoms with Crippen LogP contribution >= 0.6 is 12.4 Å². The van der Waals surface area contributed by atoms with Crippen molar-refractivity contribution >= 4 is 24.2 Å². The first-order chi connectivity index (χ1) is 11.2. The molecular formula is C17H24ClN3O3. The van der Waals surface area contributed by atoms with Crippen LogP contribution in [0.3, 0.4) is 0 Å². The Labute approximate surface area is 148 Å². The Morgan fingerprint density at radius 2 is 2.12 bits per heavy atom. The third-order valence-electron chi connectivity index (χ3n) is 4.61. The molecule has 0 bridgehead atoms. The van der Waals surface area contributed by atoms with E-state index < -0.39 is 6.04 Å². The highest BCUT2D eigenvalue weighted by molar-refractivity contribution is 5.89. The van der Waals surface area contributed by atoms with Crippen molar-refractivity contribution in [2.75, 3.05) is 33.4 Å². The highest BCUT2D eigenvalue weighted by Gasteiger charge is 2.37. The molecule has 1 aromatic rings. The third kappa shape index (κ3) is 4.06. The van der Waals surface area contributed by atoms with Gasteiger partial charge < -0.3 is 19.9 Å². The number of halogens is 1. The number of ether oxygens (including phenoxy) is 1. The van der Waals surface area contributed by atoms with Gasteiger partial charge in [-0.2, -0.15) is 0 Å². The zero-order valence-electron chi connectivity index (χ0n) is 13.8. The van der Waals surface area contributed by atoms with Crippen LogP contribution in [0.15, 0.2) is 30.3 Å². The topological polar surface area (TPSA) is 61.9 Å². The largest absolute Gasteiger partial charge is 0.369 e. The fourth-order valence-corrected chi connectivity index (χ4v) is 3.17. The van der Waals surface area contributed by atoms with E-state index in [-0.39, 0.29) is 43.5 Å². The van der Waals surface area contributed by atoms with Gasteiger partial charge >= 0.3 is 0 Å². The van der Waals surface area contributed by atoms with Crippen LogP contribution in [0.2, 0.25) is 0 Å². The minimum atomic E-state index is -0.540. The number of hydrogen-bond acceptors (Lipinski definition) is 4. The van der Waals surface area contributed by atoms with E-state index in [1.807, 2.05) is 37.4 Å². The van der Waals surface area contributed by atoms with E-state index >= 15 is 0 Å². The summed E-state index contributed by atoms with van der Waals surface area (Å²) < 4.78 is 5.34. The molecule has 24 heavy (non-hydrogen) atoms. The van der Waals surface area contributed by atoms with Crippen LogP contribution in [0.4, 0.5) is 0 Å². The van der Waals surface area contributed by atoms with E-state index in [1.54, 1.807) is 9.80 Å². The Bertz CT molecular complexity index is 563. The molecule has 1 aromatic carbocycles. The summed E-state index contributed by atoms with van der Waals surface area (Å²) in [5.74, 6) is -0.168. The number of hydrogen-bond donors (Lipinski definition) is 1. The average Bonchev–Trinajstić information content (AvgIpc) is 3.11. The van der Waals surface area contributed by atoms with E-state index in [2.05, 4.69) is 5.32 Å². The van der Waals surface area contributed by atoms with Crippen molar-refractivity contribution in [2.45, 2.75) is 25.0 Å². The van der Waals surface area contributed by atoms with Crippen molar-refractivity contribution in [1.82, 2.24) is 15.1 Å². The fraction of sp³-hybridized carbons (Fsp3) is 0.529. The molecule has 2 amide bonds. The van der Waals surface area contributed by atoms with Gasteiger partial charge in [0.1, 0.15) is 12.6 Å². The summed E-state index contributed by atoms with van der Waals surface area (Å²) in [6.07, 6.45) is 0.947. The molecule has 1 N–H and O–H groups in total. The molecule has 2 aliphatic rings. The lowest BCUT2D eigenvalue weighted by molar-refractivity contribution is -0.160. The smallest absolute Gasteiger partial charge is 0.249 e. The predicted octanol–water partition coefficient (Wildman–Crippen LogP) is 0.656. The molecule has 0 saturated carbocycles. The maximum Gasteiger partial charge on any atom is 0.249 e. The highest BCUT2D eigenvalue weighted by Crippen LogP contribution is 2.17. The molecule has 2 atom stereocenters. The van der Waals surface area contributed by atoms with Crippen molar-refractivity contribution < 1.29 is 14.3 Å². The molecule has 0 aromatic heterocycles. The second-order valence-electron chi connectivity index (χ2n) is 6.13. The number of nitrogens with zero attached hydrogens (tertiary/aromatic N) is 2. The maximum absolute atomic E-state index is 12.9. The zero-order chi connectivity index (χ0) is 16.2. The second kappa shape index (κ2) is 8.46. The fourth-order valence-electron chi connectivity index (χ4n) is 3.17. The quantitative estimate of drug-likeness (QED) is 0.863. The van der Waals surface area contributed by atoms with Crippen LogP contribution in [0.5, 0.6) is 0 Å². The molecule has 2 saturated heterocycles. The molecular weight excluding hydrogens is 330 g/mol. The Morgan fingerprint density at radius 3 is 2.79 bits per heavy atom. The number of carbonyl (C=O) groups excluding carboxylic acids is 2. The van der Waals surface area contributed by atoms with E-state index in [9.17, 15) is 9.59 Å². The highest BCUT2D eigenvalue weighted by atomic mass is 35.5. The monoisotopic (exact) mass is 353 g/mol. The molecule has 0 spiro atoms. The van der Waals surface area contributed by atoms with Crippen molar-refractivity contribution in [3.63, 3.8) is 0 Å². The molecule has 6 nitrogen and oxygen atoms in total. The van der Waals surface area contributed by atoms with Gasteiger partial charge in [0.25, 0.3) is 0 Å². The van der Waals surface area contributed by atoms with Crippen molar-refractivity contribution in [3.8, 4) is 0 Å². The van der Waals surface area contributed by atoms with Crippen molar-refractivity contribution in [3.05, 3.63) is 35.9 Å². The summed E-state index contributed by atoms with van der Waals surface area (Å²) >= 11 is 0.